The van der Waals surface area contributed by atoms with Crippen molar-refractivity contribution >= 4 is 31.9 Å². The van der Waals surface area contributed by atoms with Crippen LogP contribution in [0.4, 0.5) is 0 Å². The maximum atomic E-state index is 13.6. The number of methoxy groups -OCH3 is 1. The van der Waals surface area contributed by atoms with E-state index in [9.17, 15) is 26.4 Å². The van der Waals surface area contributed by atoms with Crippen molar-refractivity contribution in [2.45, 2.75) is 15.8 Å². The standard InChI is InChI=1S/C24H22N2O7S2/c1-33-17-18(26-23(27)21-14-8-9-15-22(21)24(26)28)16-25(34(29,30)19-10-4-2-5-11-19)35(31,32)20-12-6-3-7-13-20/h2-15,18H,16-17H2,1H3. The number of nitrogens with zero attached hydrogens (tertiary/aromatic N) is 2. The number of hydrogen-bond donors (Lipinski definition) is 0. The zero-order chi connectivity index (χ0) is 25.2. The van der Waals surface area contributed by atoms with Crippen LogP contribution in [0.25, 0.3) is 0 Å². The summed E-state index contributed by atoms with van der Waals surface area (Å²) in [5.41, 5.74) is 0.309. The van der Waals surface area contributed by atoms with Crippen molar-refractivity contribution in [1.29, 1.82) is 0 Å². The lowest BCUT2D eigenvalue weighted by atomic mass is 10.1. The first-order chi connectivity index (χ1) is 16.7. The Kier molecular flexibility index (Phi) is 6.86. The van der Waals surface area contributed by atoms with E-state index in [1.807, 2.05) is 0 Å². The van der Waals surface area contributed by atoms with Crippen LogP contribution in [-0.2, 0) is 24.8 Å². The summed E-state index contributed by atoms with van der Waals surface area (Å²) in [5.74, 6) is -1.30. The van der Waals surface area contributed by atoms with Gasteiger partial charge in [-0.15, -0.1) is 0 Å². The second-order valence-corrected chi connectivity index (χ2v) is 11.7. The average molecular weight is 515 g/mol. The van der Waals surface area contributed by atoms with Crippen LogP contribution in [0.5, 0.6) is 0 Å². The van der Waals surface area contributed by atoms with Crippen LogP contribution in [-0.4, -0.2) is 63.6 Å². The first kappa shape index (κ1) is 24.7. The van der Waals surface area contributed by atoms with Gasteiger partial charge in [-0.3, -0.25) is 14.5 Å². The van der Waals surface area contributed by atoms with Gasteiger partial charge in [0.25, 0.3) is 31.9 Å². The second kappa shape index (κ2) is 9.70. The molecule has 11 heteroatoms. The molecule has 0 saturated heterocycles. The molecule has 9 nitrogen and oxygen atoms in total. The van der Waals surface area contributed by atoms with Crippen LogP contribution in [0.15, 0.2) is 94.7 Å². The van der Waals surface area contributed by atoms with Crippen molar-refractivity contribution in [2.24, 2.45) is 0 Å². The third-order valence-electron chi connectivity index (χ3n) is 5.53. The number of benzene rings is 3. The Morgan fingerprint density at radius 3 is 1.51 bits per heavy atom. The number of carbonyl (C=O) groups excluding carboxylic acids is 2. The van der Waals surface area contributed by atoms with Gasteiger partial charge in [0.1, 0.15) is 0 Å². The van der Waals surface area contributed by atoms with E-state index in [2.05, 4.69) is 0 Å². The molecule has 0 N–H and O–H groups in total. The summed E-state index contributed by atoms with van der Waals surface area (Å²) in [5, 5.41) is 0. The van der Waals surface area contributed by atoms with Gasteiger partial charge in [0.05, 0.1) is 40.1 Å². The van der Waals surface area contributed by atoms with E-state index in [0.717, 1.165) is 4.90 Å². The van der Waals surface area contributed by atoms with E-state index in [1.165, 1.54) is 67.8 Å². The molecule has 1 atom stereocenters. The number of sulfonamides is 2. The fourth-order valence-corrected chi connectivity index (χ4v) is 7.62. The van der Waals surface area contributed by atoms with E-state index in [-0.39, 0.29) is 27.5 Å². The smallest absolute Gasteiger partial charge is 0.261 e. The topological polar surface area (TPSA) is 118 Å². The molecule has 0 bridgehead atoms. The van der Waals surface area contributed by atoms with Crippen molar-refractivity contribution in [1.82, 2.24) is 8.61 Å². The summed E-state index contributed by atoms with van der Waals surface area (Å²) >= 11 is 0. The largest absolute Gasteiger partial charge is 0.382 e. The number of carbonyl (C=O) groups is 2. The molecule has 3 aromatic rings. The SMILES string of the molecule is COCC(CN(S(=O)(=O)c1ccccc1)S(=O)(=O)c1ccccc1)N1C(=O)c2ccccc2C1=O. The molecule has 1 unspecified atom stereocenters. The van der Waals surface area contributed by atoms with Gasteiger partial charge in [0.15, 0.2) is 0 Å². The van der Waals surface area contributed by atoms with E-state index < -0.39 is 44.4 Å². The Hall–Kier alpha value is -3.38. The highest BCUT2D eigenvalue weighted by atomic mass is 32.3. The minimum atomic E-state index is -4.61. The van der Waals surface area contributed by atoms with E-state index in [4.69, 9.17) is 4.74 Å². The molecule has 3 aromatic carbocycles. The molecular weight excluding hydrogens is 492 g/mol. The maximum absolute atomic E-state index is 13.6. The molecule has 0 fully saturated rings. The van der Waals surface area contributed by atoms with Gasteiger partial charge in [-0.05, 0) is 36.4 Å². The fraction of sp³-hybridized carbons (Fsp3) is 0.167. The molecule has 0 aliphatic carbocycles. The van der Waals surface area contributed by atoms with Gasteiger partial charge in [0.2, 0.25) is 0 Å². The number of ether oxygens (including phenoxy) is 1. The number of fused-ring (bicyclic) bond motifs is 1. The van der Waals surface area contributed by atoms with Crippen LogP contribution in [0.3, 0.4) is 0 Å². The van der Waals surface area contributed by atoms with E-state index in [0.29, 0.717) is 3.71 Å². The first-order valence-electron chi connectivity index (χ1n) is 10.5. The Balaban J connectivity index is 1.82. The van der Waals surface area contributed by atoms with Gasteiger partial charge in [-0.25, -0.2) is 16.8 Å². The monoisotopic (exact) mass is 514 g/mol. The Morgan fingerprint density at radius 1 is 0.714 bits per heavy atom. The van der Waals surface area contributed by atoms with Gasteiger partial charge < -0.3 is 4.74 Å². The van der Waals surface area contributed by atoms with Gasteiger partial charge >= 0.3 is 0 Å². The van der Waals surface area contributed by atoms with E-state index >= 15 is 0 Å². The van der Waals surface area contributed by atoms with Crippen molar-refractivity contribution < 1.29 is 31.2 Å². The minimum Gasteiger partial charge on any atom is -0.382 e. The van der Waals surface area contributed by atoms with Crippen LogP contribution in [0, 0.1) is 0 Å². The Morgan fingerprint density at radius 2 is 1.11 bits per heavy atom. The van der Waals surface area contributed by atoms with Crippen LogP contribution < -0.4 is 0 Å². The number of imide groups is 1. The summed E-state index contributed by atoms with van der Waals surface area (Å²) in [7, 11) is -7.91. The fourth-order valence-electron chi connectivity index (χ4n) is 3.86. The number of rotatable bonds is 9. The summed E-state index contributed by atoms with van der Waals surface area (Å²) in [6.07, 6.45) is 0. The summed E-state index contributed by atoms with van der Waals surface area (Å²) in [6.45, 7) is -1.01. The molecule has 2 amide bonds. The molecule has 1 aliphatic rings. The molecule has 0 aromatic heterocycles. The molecule has 35 heavy (non-hydrogen) atoms. The molecule has 182 valence electrons. The highest BCUT2D eigenvalue weighted by Crippen LogP contribution is 2.29. The maximum Gasteiger partial charge on any atom is 0.261 e. The van der Waals surface area contributed by atoms with Crippen LogP contribution >= 0.6 is 0 Å². The van der Waals surface area contributed by atoms with Gasteiger partial charge in [0, 0.05) is 7.11 Å². The third-order valence-corrected chi connectivity index (χ3v) is 9.81. The zero-order valence-electron chi connectivity index (χ0n) is 18.6. The molecule has 4 rings (SSSR count). The molecule has 0 saturated carbocycles. The number of hydrogen-bond acceptors (Lipinski definition) is 7. The quantitative estimate of drug-likeness (QED) is 0.402. The molecule has 0 spiro atoms. The lowest BCUT2D eigenvalue weighted by Gasteiger charge is -2.30. The highest BCUT2D eigenvalue weighted by molar-refractivity contribution is 8.04. The lowest BCUT2D eigenvalue weighted by molar-refractivity contribution is 0.0460. The van der Waals surface area contributed by atoms with Gasteiger partial charge in [-0.2, -0.15) is 0 Å². The van der Waals surface area contributed by atoms with Crippen LogP contribution in [0.1, 0.15) is 20.7 Å². The average Bonchev–Trinajstić information content (AvgIpc) is 3.12. The lowest BCUT2D eigenvalue weighted by Crippen LogP contribution is -2.51. The Labute approximate surface area is 203 Å². The third kappa shape index (κ3) is 4.50. The van der Waals surface area contributed by atoms with Crippen molar-refractivity contribution in [2.75, 3.05) is 20.3 Å². The summed E-state index contributed by atoms with van der Waals surface area (Å²) < 4.78 is 59.9. The second-order valence-electron chi connectivity index (χ2n) is 7.73. The van der Waals surface area contributed by atoms with Crippen LogP contribution in [0.2, 0.25) is 0 Å². The molecule has 1 heterocycles. The molecule has 1 aliphatic heterocycles. The first-order valence-corrected chi connectivity index (χ1v) is 13.4. The zero-order valence-corrected chi connectivity index (χ0v) is 20.3. The van der Waals surface area contributed by atoms with Gasteiger partial charge in [-0.1, -0.05) is 52.2 Å². The predicted octanol–water partition coefficient (Wildman–Crippen LogP) is 2.38. The van der Waals surface area contributed by atoms with Crippen molar-refractivity contribution in [3.05, 3.63) is 96.1 Å². The molecular formula is C24H22N2O7S2. The minimum absolute atomic E-state index is 0.155. The highest BCUT2D eigenvalue weighted by Gasteiger charge is 2.45. The Bertz CT molecular complexity index is 1350. The summed E-state index contributed by atoms with van der Waals surface area (Å²) in [6, 6.07) is 19.1. The normalized spacial score (nSPS) is 14.9. The van der Waals surface area contributed by atoms with Crippen molar-refractivity contribution in [3.8, 4) is 0 Å². The van der Waals surface area contributed by atoms with E-state index in [1.54, 1.807) is 24.3 Å². The molecule has 0 radical (unpaired) electrons. The number of amides is 2. The predicted molar refractivity (Wildman–Crippen MR) is 127 cm³/mol. The summed E-state index contributed by atoms with van der Waals surface area (Å²) in [4.78, 5) is 26.5. The van der Waals surface area contributed by atoms with Crippen molar-refractivity contribution in [3.63, 3.8) is 0 Å².